The van der Waals surface area contributed by atoms with Crippen LogP contribution in [-0.4, -0.2) is 27.8 Å². The lowest BCUT2D eigenvalue weighted by molar-refractivity contribution is -0.117. The largest absolute Gasteiger partial charge is 0.366 e. The minimum absolute atomic E-state index is 0.0256. The highest BCUT2D eigenvalue weighted by Gasteiger charge is 2.38. The van der Waals surface area contributed by atoms with E-state index in [1.807, 2.05) is 13.8 Å². The molecule has 0 radical (unpaired) electrons. The van der Waals surface area contributed by atoms with E-state index in [0.717, 1.165) is 16.8 Å². The maximum atomic E-state index is 12.2. The highest BCUT2D eigenvalue weighted by molar-refractivity contribution is 5.97. The molecule has 1 aliphatic rings. The Morgan fingerprint density at radius 1 is 1.19 bits per heavy atom. The molecule has 0 fully saturated rings. The fraction of sp³-hybridized carbons (Fsp3) is 0.368. The van der Waals surface area contributed by atoms with Crippen molar-refractivity contribution in [2.24, 2.45) is 11.7 Å². The quantitative estimate of drug-likeness (QED) is 0.882. The van der Waals surface area contributed by atoms with Gasteiger partial charge in [-0.15, -0.1) is 0 Å². The number of hydrogen-bond donors (Lipinski definition) is 2. The maximum Gasteiger partial charge on any atom is 0.248 e. The Kier molecular flexibility index (Phi) is 4.63. The second-order valence-electron chi connectivity index (χ2n) is 6.83. The molecule has 0 unspecified atom stereocenters. The lowest BCUT2D eigenvalue weighted by Gasteiger charge is -2.43. The van der Waals surface area contributed by atoms with Gasteiger partial charge in [0, 0.05) is 42.5 Å². The van der Waals surface area contributed by atoms with Gasteiger partial charge in [0.1, 0.15) is 0 Å². The van der Waals surface area contributed by atoms with Gasteiger partial charge in [-0.05, 0) is 43.2 Å². The van der Waals surface area contributed by atoms with Crippen molar-refractivity contribution >= 4 is 23.5 Å². The number of benzene rings is 1. The summed E-state index contributed by atoms with van der Waals surface area (Å²) in [5.74, 6) is 0.0343. The molecule has 1 aromatic carbocycles. The van der Waals surface area contributed by atoms with Gasteiger partial charge in [0.05, 0.1) is 6.04 Å². The SMILES string of the molecule is CC(=O)N1c2ccc(C(N)=O)cc2[C@H](Nc2ncc(C)cn2)[C@@H](C)[C@@H]1C. The summed E-state index contributed by atoms with van der Waals surface area (Å²) in [4.78, 5) is 34.3. The molecule has 2 amide bonds. The number of primary amides is 1. The Balaban J connectivity index is 2.09. The van der Waals surface area contributed by atoms with Crippen LogP contribution in [0.4, 0.5) is 11.6 Å². The van der Waals surface area contributed by atoms with E-state index in [2.05, 4.69) is 22.2 Å². The first kappa shape index (κ1) is 17.8. The van der Waals surface area contributed by atoms with Gasteiger partial charge in [-0.3, -0.25) is 9.59 Å². The number of amides is 2. The average molecular weight is 353 g/mol. The number of rotatable bonds is 3. The number of hydrogen-bond acceptors (Lipinski definition) is 5. The van der Waals surface area contributed by atoms with E-state index in [1.165, 1.54) is 0 Å². The van der Waals surface area contributed by atoms with Crippen LogP contribution in [0, 0.1) is 12.8 Å². The van der Waals surface area contributed by atoms with Gasteiger partial charge < -0.3 is 16.0 Å². The Morgan fingerprint density at radius 3 is 2.42 bits per heavy atom. The van der Waals surface area contributed by atoms with Crippen molar-refractivity contribution in [3.05, 3.63) is 47.3 Å². The lowest BCUT2D eigenvalue weighted by atomic mass is 9.82. The molecule has 0 saturated carbocycles. The standard InChI is InChI=1S/C19H23N5O2/c1-10-8-21-19(22-9-10)23-17-11(2)12(3)24(13(4)25)16-6-5-14(18(20)26)7-15(16)17/h5-9,11-12,17H,1-4H3,(H2,20,26)(H,21,22,23)/t11-,12-,17+/m0/s1. The summed E-state index contributed by atoms with van der Waals surface area (Å²) in [6, 6.07) is 5.00. The Labute approximate surface area is 152 Å². The van der Waals surface area contributed by atoms with E-state index in [-0.39, 0.29) is 23.9 Å². The van der Waals surface area contributed by atoms with Gasteiger partial charge in [0.25, 0.3) is 0 Å². The highest BCUT2D eigenvalue weighted by atomic mass is 16.2. The van der Waals surface area contributed by atoms with Crippen molar-refractivity contribution in [2.45, 2.75) is 39.8 Å². The molecule has 7 heteroatoms. The van der Waals surface area contributed by atoms with Crippen LogP contribution in [0.2, 0.25) is 0 Å². The molecule has 1 aromatic heterocycles. The molecule has 0 bridgehead atoms. The van der Waals surface area contributed by atoms with Crippen molar-refractivity contribution < 1.29 is 9.59 Å². The number of carbonyl (C=O) groups is 2. The van der Waals surface area contributed by atoms with E-state index < -0.39 is 5.91 Å². The molecular weight excluding hydrogens is 330 g/mol. The van der Waals surface area contributed by atoms with E-state index in [0.29, 0.717) is 11.5 Å². The van der Waals surface area contributed by atoms with E-state index in [9.17, 15) is 9.59 Å². The molecule has 0 spiro atoms. The first-order chi connectivity index (χ1) is 12.3. The summed E-state index contributed by atoms with van der Waals surface area (Å²) >= 11 is 0. The molecular formula is C19H23N5O2. The van der Waals surface area contributed by atoms with Gasteiger partial charge in [-0.2, -0.15) is 0 Å². The summed E-state index contributed by atoms with van der Waals surface area (Å²) in [6.07, 6.45) is 3.49. The third kappa shape index (κ3) is 3.12. The number of nitrogens with two attached hydrogens (primary N) is 1. The lowest BCUT2D eigenvalue weighted by Crippen LogP contribution is -2.48. The molecule has 0 saturated heterocycles. The summed E-state index contributed by atoms with van der Waals surface area (Å²) in [5.41, 5.74) is 8.45. The molecule has 3 N–H and O–H groups in total. The topological polar surface area (TPSA) is 101 Å². The third-order valence-corrected chi connectivity index (χ3v) is 5.01. The molecule has 3 atom stereocenters. The van der Waals surface area contributed by atoms with Gasteiger partial charge >= 0.3 is 0 Å². The van der Waals surface area contributed by atoms with Crippen LogP contribution in [0.15, 0.2) is 30.6 Å². The monoisotopic (exact) mass is 353 g/mol. The van der Waals surface area contributed by atoms with Crippen molar-refractivity contribution in [3.63, 3.8) is 0 Å². The number of aromatic nitrogens is 2. The summed E-state index contributed by atoms with van der Waals surface area (Å²) in [5, 5.41) is 3.36. The number of fused-ring (bicyclic) bond motifs is 1. The number of nitrogens with one attached hydrogen (secondary N) is 1. The van der Waals surface area contributed by atoms with Gasteiger partial charge in [-0.1, -0.05) is 6.92 Å². The van der Waals surface area contributed by atoms with E-state index in [1.54, 1.807) is 42.4 Å². The molecule has 7 nitrogen and oxygen atoms in total. The van der Waals surface area contributed by atoms with Gasteiger partial charge in [0.2, 0.25) is 17.8 Å². The smallest absolute Gasteiger partial charge is 0.248 e. The molecule has 0 aliphatic carbocycles. The fourth-order valence-corrected chi connectivity index (χ4v) is 3.46. The van der Waals surface area contributed by atoms with Crippen LogP contribution >= 0.6 is 0 Å². The summed E-state index contributed by atoms with van der Waals surface area (Å²) < 4.78 is 0. The van der Waals surface area contributed by atoms with Crippen LogP contribution in [0.3, 0.4) is 0 Å². The van der Waals surface area contributed by atoms with Gasteiger partial charge in [-0.25, -0.2) is 9.97 Å². The zero-order chi connectivity index (χ0) is 19.0. The first-order valence-corrected chi connectivity index (χ1v) is 8.58. The van der Waals surface area contributed by atoms with Crippen molar-refractivity contribution in [1.82, 2.24) is 9.97 Å². The minimum Gasteiger partial charge on any atom is -0.366 e. The molecule has 2 aromatic rings. The minimum atomic E-state index is -0.501. The number of carbonyl (C=O) groups excluding carboxylic acids is 2. The zero-order valence-electron chi connectivity index (χ0n) is 15.4. The van der Waals surface area contributed by atoms with Gasteiger partial charge in [0.15, 0.2) is 0 Å². The second-order valence-corrected chi connectivity index (χ2v) is 6.83. The predicted molar refractivity (Wildman–Crippen MR) is 99.9 cm³/mol. The highest BCUT2D eigenvalue weighted by Crippen LogP contribution is 2.42. The summed E-state index contributed by atoms with van der Waals surface area (Å²) in [7, 11) is 0. The Morgan fingerprint density at radius 2 is 1.85 bits per heavy atom. The van der Waals surface area contributed by atoms with Crippen LogP contribution < -0.4 is 16.0 Å². The van der Waals surface area contributed by atoms with Crippen LogP contribution in [0.1, 0.15) is 48.3 Å². The predicted octanol–water partition coefficient (Wildman–Crippen LogP) is 2.43. The van der Waals surface area contributed by atoms with Crippen molar-refractivity contribution in [3.8, 4) is 0 Å². The summed E-state index contributed by atoms with van der Waals surface area (Å²) in [6.45, 7) is 7.55. The average Bonchev–Trinajstić information content (AvgIpc) is 2.60. The molecule has 1 aliphatic heterocycles. The number of anilines is 2. The number of nitrogens with zero attached hydrogens (tertiary/aromatic N) is 3. The van der Waals surface area contributed by atoms with E-state index >= 15 is 0 Å². The maximum absolute atomic E-state index is 12.2. The zero-order valence-corrected chi connectivity index (χ0v) is 15.4. The second kappa shape index (κ2) is 6.74. The normalized spacial score (nSPS) is 21.8. The van der Waals surface area contributed by atoms with Crippen LogP contribution in [0.5, 0.6) is 0 Å². The molecule has 2 heterocycles. The van der Waals surface area contributed by atoms with Crippen molar-refractivity contribution in [2.75, 3.05) is 10.2 Å². The van der Waals surface area contributed by atoms with Crippen molar-refractivity contribution in [1.29, 1.82) is 0 Å². The van der Waals surface area contributed by atoms with Crippen LogP contribution in [-0.2, 0) is 4.79 Å². The fourth-order valence-electron chi connectivity index (χ4n) is 3.46. The van der Waals surface area contributed by atoms with Crippen LogP contribution in [0.25, 0.3) is 0 Å². The third-order valence-electron chi connectivity index (χ3n) is 5.01. The van der Waals surface area contributed by atoms with E-state index in [4.69, 9.17) is 5.73 Å². The molecule has 3 rings (SSSR count). The first-order valence-electron chi connectivity index (χ1n) is 8.58. The molecule has 136 valence electrons. The Hall–Kier alpha value is -2.96. The Bertz CT molecular complexity index is 850. The molecule has 26 heavy (non-hydrogen) atoms. The number of aryl methyl sites for hydroxylation is 1.